The van der Waals surface area contributed by atoms with Crippen LogP contribution in [0.25, 0.3) is 0 Å². The number of aliphatic carboxylic acids is 1. The number of carbonyl (C=O) groups excluding carboxylic acids is 2. The van der Waals surface area contributed by atoms with Crippen molar-refractivity contribution in [2.75, 3.05) is 13.2 Å². The van der Waals surface area contributed by atoms with Crippen molar-refractivity contribution in [3.8, 4) is 0 Å². The first-order valence-corrected chi connectivity index (χ1v) is 6.79. The quantitative estimate of drug-likeness (QED) is 0.552. The number of carboxylic acid groups (broad SMARTS) is 1. The average molecular weight is 288 g/mol. The summed E-state index contributed by atoms with van der Waals surface area (Å²) in [4.78, 5) is 33.7. The SMILES string of the molecule is CCCCOC(=O)N[C@@H](CC(C)C)C(=O)NCC(=O)O. The van der Waals surface area contributed by atoms with Gasteiger partial charge in [0.05, 0.1) is 6.61 Å². The van der Waals surface area contributed by atoms with Gasteiger partial charge in [-0.15, -0.1) is 0 Å². The van der Waals surface area contributed by atoms with Crippen LogP contribution >= 0.6 is 0 Å². The molecular weight excluding hydrogens is 264 g/mol. The van der Waals surface area contributed by atoms with Crippen LogP contribution in [-0.2, 0) is 14.3 Å². The number of carbonyl (C=O) groups is 3. The zero-order valence-electron chi connectivity index (χ0n) is 12.3. The van der Waals surface area contributed by atoms with Crippen molar-refractivity contribution in [3.05, 3.63) is 0 Å². The van der Waals surface area contributed by atoms with Crippen LogP contribution in [-0.4, -0.2) is 42.3 Å². The van der Waals surface area contributed by atoms with Gasteiger partial charge in [-0.05, 0) is 18.8 Å². The summed E-state index contributed by atoms with van der Waals surface area (Å²) in [5.74, 6) is -1.48. The lowest BCUT2D eigenvalue weighted by molar-refractivity contribution is -0.138. The van der Waals surface area contributed by atoms with E-state index >= 15 is 0 Å². The predicted octanol–water partition coefficient (Wildman–Crippen LogP) is 1.13. The Kier molecular flexibility index (Phi) is 9.15. The average Bonchev–Trinajstić information content (AvgIpc) is 2.34. The van der Waals surface area contributed by atoms with E-state index in [1.807, 2.05) is 20.8 Å². The molecule has 0 unspecified atom stereocenters. The molecule has 0 saturated heterocycles. The molecule has 7 nitrogen and oxygen atoms in total. The summed E-state index contributed by atoms with van der Waals surface area (Å²) in [7, 11) is 0. The van der Waals surface area contributed by atoms with E-state index in [1.54, 1.807) is 0 Å². The molecule has 7 heteroatoms. The van der Waals surface area contributed by atoms with Gasteiger partial charge in [0.2, 0.25) is 5.91 Å². The van der Waals surface area contributed by atoms with Gasteiger partial charge >= 0.3 is 12.1 Å². The molecule has 2 amide bonds. The summed E-state index contributed by atoms with van der Waals surface area (Å²) < 4.78 is 4.92. The lowest BCUT2D eigenvalue weighted by Gasteiger charge is -2.19. The maximum Gasteiger partial charge on any atom is 0.407 e. The Morgan fingerprint density at radius 1 is 1.25 bits per heavy atom. The lowest BCUT2D eigenvalue weighted by Crippen LogP contribution is -2.48. The van der Waals surface area contributed by atoms with Crippen LogP contribution in [0.1, 0.15) is 40.0 Å². The Morgan fingerprint density at radius 2 is 1.90 bits per heavy atom. The van der Waals surface area contributed by atoms with E-state index in [2.05, 4.69) is 10.6 Å². The minimum Gasteiger partial charge on any atom is -0.480 e. The van der Waals surface area contributed by atoms with Crippen LogP contribution in [0.5, 0.6) is 0 Å². The van der Waals surface area contributed by atoms with Gasteiger partial charge in [0, 0.05) is 0 Å². The number of carboxylic acids is 1. The molecule has 0 rings (SSSR count). The Hall–Kier alpha value is -1.79. The van der Waals surface area contributed by atoms with Crippen LogP contribution in [0.4, 0.5) is 4.79 Å². The molecule has 0 heterocycles. The van der Waals surface area contributed by atoms with E-state index in [4.69, 9.17) is 9.84 Å². The van der Waals surface area contributed by atoms with Crippen molar-refractivity contribution in [1.29, 1.82) is 0 Å². The van der Waals surface area contributed by atoms with Crippen LogP contribution in [0.3, 0.4) is 0 Å². The van der Waals surface area contributed by atoms with Gasteiger partial charge in [-0.1, -0.05) is 27.2 Å². The second-order valence-electron chi connectivity index (χ2n) is 4.93. The van der Waals surface area contributed by atoms with Crippen molar-refractivity contribution < 1.29 is 24.2 Å². The first-order chi connectivity index (χ1) is 9.36. The highest BCUT2D eigenvalue weighted by Crippen LogP contribution is 2.05. The molecule has 0 aliphatic rings. The third-order valence-corrected chi connectivity index (χ3v) is 2.46. The van der Waals surface area contributed by atoms with Crippen molar-refractivity contribution in [2.45, 2.75) is 46.1 Å². The van der Waals surface area contributed by atoms with Crippen LogP contribution in [0.15, 0.2) is 0 Å². The summed E-state index contributed by atoms with van der Waals surface area (Å²) in [5.41, 5.74) is 0. The standard InChI is InChI=1S/C13H24N2O5/c1-4-5-6-20-13(19)15-10(7-9(2)3)12(18)14-8-11(16)17/h9-10H,4-8H2,1-3H3,(H,14,18)(H,15,19)(H,16,17)/t10-/m0/s1. The van der Waals surface area contributed by atoms with Crippen molar-refractivity contribution in [3.63, 3.8) is 0 Å². The van der Waals surface area contributed by atoms with Gasteiger partial charge in [-0.2, -0.15) is 0 Å². The topological polar surface area (TPSA) is 105 Å². The van der Waals surface area contributed by atoms with Gasteiger partial charge in [-0.25, -0.2) is 4.79 Å². The number of nitrogens with one attached hydrogen (secondary N) is 2. The van der Waals surface area contributed by atoms with Gasteiger partial charge in [-0.3, -0.25) is 9.59 Å². The maximum atomic E-state index is 11.8. The normalized spacial score (nSPS) is 11.8. The minimum absolute atomic E-state index is 0.173. The van der Waals surface area contributed by atoms with Crippen LogP contribution in [0, 0.1) is 5.92 Å². The highest BCUT2D eigenvalue weighted by atomic mass is 16.5. The molecule has 0 radical (unpaired) electrons. The molecule has 0 fully saturated rings. The number of hydrogen-bond acceptors (Lipinski definition) is 4. The Morgan fingerprint density at radius 3 is 2.40 bits per heavy atom. The number of unbranched alkanes of at least 4 members (excludes halogenated alkanes) is 1. The number of hydrogen-bond donors (Lipinski definition) is 3. The highest BCUT2D eigenvalue weighted by Gasteiger charge is 2.22. The molecule has 0 aromatic rings. The number of rotatable bonds is 9. The molecule has 116 valence electrons. The van der Waals surface area contributed by atoms with E-state index in [0.717, 1.165) is 12.8 Å². The predicted molar refractivity (Wildman–Crippen MR) is 73.3 cm³/mol. The zero-order valence-corrected chi connectivity index (χ0v) is 12.3. The summed E-state index contributed by atoms with van der Waals surface area (Å²) >= 11 is 0. The molecule has 3 N–H and O–H groups in total. The number of ether oxygens (including phenoxy) is 1. The lowest BCUT2D eigenvalue weighted by atomic mass is 10.0. The Labute approximate surface area is 119 Å². The van der Waals surface area contributed by atoms with Crippen LogP contribution in [0.2, 0.25) is 0 Å². The molecule has 20 heavy (non-hydrogen) atoms. The summed E-state index contributed by atoms with van der Waals surface area (Å²) in [6.45, 7) is 5.61. The van der Waals surface area contributed by atoms with E-state index in [9.17, 15) is 14.4 Å². The second kappa shape index (κ2) is 10.1. The Bertz CT molecular complexity index is 331. The number of amides is 2. The Balaban J connectivity index is 4.35. The summed E-state index contributed by atoms with van der Waals surface area (Å²) in [5, 5.41) is 13.2. The fourth-order valence-electron chi connectivity index (χ4n) is 1.48. The summed E-state index contributed by atoms with van der Waals surface area (Å²) in [6.07, 6.45) is 1.42. The molecule has 0 spiro atoms. The molecule has 0 aromatic carbocycles. The van der Waals surface area contributed by atoms with Crippen molar-refractivity contribution in [1.82, 2.24) is 10.6 Å². The van der Waals surface area contributed by atoms with Crippen molar-refractivity contribution >= 4 is 18.0 Å². The van der Waals surface area contributed by atoms with E-state index in [1.165, 1.54) is 0 Å². The van der Waals surface area contributed by atoms with Crippen molar-refractivity contribution in [2.24, 2.45) is 5.92 Å². The van der Waals surface area contributed by atoms with Gasteiger partial charge < -0.3 is 20.5 Å². The van der Waals surface area contributed by atoms with Crippen LogP contribution < -0.4 is 10.6 Å². The van der Waals surface area contributed by atoms with E-state index in [-0.39, 0.29) is 5.92 Å². The fraction of sp³-hybridized carbons (Fsp3) is 0.769. The zero-order chi connectivity index (χ0) is 15.5. The third-order valence-electron chi connectivity index (χ3n) is 2.46. The summed E-state index contributed by atoms with van der Waals surface area (Å²) in [6, 6.07) is -0.788. The van der Waals surface area contributed by atoms with E-state index in [0.29, 0.717) is 13.0 Å². The molecule has 0 aliphatic heterocycles. The first kappa shape index (κ1) is 18.2. The highest BCUT2D eigenvalue weighted by molar-refractivity contribution is 5.87. The smallest absolute Gasteiger partial charge is 0.407 e. The van der Waals surface area contributed by atoms with Gasteiger partial charge in [0.1, 0.15) is 12.6 Å². The molecule has 0 aliphatic carbocycles. The fourth-order valence-corrected chi connectivity index (χ4v) is 1.48. The molecule has 0 aromatic heterocycles. The molecule has 0 bridgehead atoms. The van der Waals surface area contributed by atoms with E-state index < -0.39 is 30.6 Å². The minimum atomic E-state index is -1.13. The number of alkyl carbamates (subject to hydrolysis) is 1. The largest absolute Gasteiger partial charge is 0.480 e. The first-order valence-electron chi connectivity index (χ1n) is 6.79. The maximum absolute atomic E-state index is 11.8. The molecule has 0 saturated carbocycles. The molecular formula is C13H24N2O5. The third kappa shape index (κ3) is 9.18. The monoisotopic (exact) mass is 288 g/mol. The molecule has 1 atom stereocenters. The van der Waals surface area contributed by atoms with Gasteiger partial charge in [0.15, 0.2) is 0 Å². The van der Waals surface area contributed by atoms with Gasteiger partial charge in [0.25, 0.3) is 0 Å². The second-order valence-corrected chi connectivity index (χ2v) is 4.93.